The molecule has 0 bridgehead atoms. The maximum atomic E-state index is 9.37. The van der Waals surface area contributed by atoms with Gasteiger partial charge in [0, 0.05) is 13.1 Å². The number of likely N-dealkylation sites (tertiary alicyclic amines) is 1. The van der Waals surface area contributed by atoms with E-state index in [0.29, 0.717) is 0 Å². The second kappa shape index (κ2) is 11.6. The van der Waals surface area contributed by atoms with E-state index in [1.807, 2.05) is 32.8 Å². The Labute approximate surface area is 119 Å². The van der Waals surface area contributed by atoms with Gasteiger partial charge in [-0.1, -0.05) is 20.3 Å². The lowest BCUT2D eigenvalue weighted by atomic mass is 10.1. The molecule has 0 amide bonds. The van der Waals surface area contributed by atoms with Gasteiger partial charge in [0.2, 0.25) is 0 Å². The molecule has 4 heteroatoms. The molecule has 0 aromatic carbocycles. The first-order valence-corrected chi connectivity index (χ1v) is 7.72. The molecular weight excluding hydrogens is 240 g/mol. The van der Waals surface area contributed by atoms with Gasteiger partial charge in [-0.2, -0.15) is 0 Å². The van der Waals surface area contributed by atoms with Crippen LogP contribution in [0.3, 0.4) is 0 Å². The SMILES string of the molecule is CCC(O)CN(C)C.CCC(O)CN1CCCCC1. The summed E-state index contributed by atoms with van der Waals surface area (Å²) in [5.41, 5.74) is 0. The average molecular weight is 274 g/mol. The predicted molar refractivity (Wildman–Crippen MR) is 81.4 cm³/mol. The van der Waals surface area contributed by atoms with E-state index in [1.165, 1.54) is 32.4 Å². The highest BCUT2D eigenvalue weighted by Crippen LogP contribution is 2.09. The van der Waals surface area contributed by atoms with Crippen LogP contribution in [0.5, 0.6) is 0 Å². The molecule has 1 rings (SSSR count). The van der Waals surface area contributed by atoms with Gasteiger partial charge in [-0.05, 0) is 52.9 Å². The lowest BCUT2D eigenvalue weighted by Crippen LogP contribution is -2.36. The van der Waals surface area contributed by atoms with Crippen molar-refractivity contribution in [3.05, 3.63) is 0 Å². The molecule has 1 aliphatic heterocycles. The Morgan fingerprint density at radius 1 is 0.947 bits per heavy atom. The first-order valence-electron chi connectivity index (χ1n) is 7.72. The van der Waals surface area contributed by atoms with Crippen LogP contribution in [0.4, 0.5) is 0 Å². The van der Waals surface area contributed by atoms with Gasteiger partial charge in [0.15, 0.2) is 0 Å². The Balaban J connectivity index is 0.000000362. The van der Waals surface area contributed by atoms with Crippen molar-refractivity contribution in [1.29, 1.82) is 0 Å². The molecule has 0 aromatic rings. The summed E-state index contributed by atoms with van der Waals surface area (Å²) in [4.78, 5) is 4.35. The van der Waals surface area contributed by atoms with Crippen molar-refractivity contribution in [2.75, 3.05) is 40.3 Å². The third kappa shape index (κ3) is 11.4. The molecule has 4 nitrogen and oxygen atoms in total. The van der Waals surface area contributed by atoms with Crippen molar-refractivity contribution in [2.45, 2.75) is 58.2 Å². The summed E-state index contributed by atoms with van der Waals surface area (Å²) >= 11 is 0. The second-order valence-electron chi connectivity index (χ2n) is 5.75. The van der Waals surface area contributed by atoms with Crippen molar-refractivity contribution in [3.63, 3.8) is 0 Å². The summed E-state index contributed by atoms with van der Waals surface area (Å²) in [5.74, 6) is 0. The molecule has 2 unspecified atom stereocenters. The third-order valence-electron chi connectivity index (χ3n) is 3.44. The summed E-state index contributed by atoms with van der Waals surface area (Å²) in [5, 5.41) is 18.4. The number of nitrogens with zero attached hydrogens (tertiary/aromatic N) is 2. The van der Waals surface area contributed by atoms with E-state index in [9.17, 15) is 5.11 Å². The van der Waals surface area contributed by atoms with Crippen molar-refractivity contribution >= 4 is 0 Å². The van der Waals surface area contributed by atoms with Crippen molar-refractivity contribution in [1.82, 2.24) is 9.80 Å². The fraction of sp³-hybridized carbons (Fsp3) is 1.00. The summed E-state index contributed by atoms with van der Waals surface area (Å²) < 4.78 is 0. The first kappa shape index (κ1) is 18.8. The Kier molecular flexibility index (Phi) is 11.6. The van der Waals surface area contributed by atoms with Gasteiger partial charge < -0.3 is 20.0 Å². The number of rotatable bonds is 6. The topological polar surface area (TPSA) is 46.9 Å². The molecule has 0 aromatic heterocycles. The van der Waals surface area contributed by atoms with Crippen LogP contribution in [0.25, 0.3) is 0 Å². The highest BCUT2D eigenvalue weighted by Gasteiger charge is 2.12. The van der Waals surface area contributed by atoms with E-state index in [4.69, 9.17) is 5.11 Å². The molecule has 2 atom stereocenters. The Hall–Kier alpha value is -0.160. The first-order chi connectivity index (χ1) is 8.99. The zero-order valence-electron chi connectivity index (χ0n) is 13.3. The molecule has 1 aliphatic rings. The minimum Gasteiger partial charge on any atom is -0.392 e. The van der Waals surface area contributed by atoms with Gasteiger partial charge in [-0.3, -0.25) is 0 Å². The quantitative estimate of drug-likeness (QED) is 0.772. The van der Waals surface area contributed by atoms with Crippen LogP contribution in [0.15, 0.2) is 0 Å². The van der Waals surface area contributed by atoms with Crippen LogP contribution in [0, 0.1) is 0 Å². The lowest BCUT2D eigenvalue weighted by molar-refractivity contribution is 0.0984. The monoisotopic (exact) mass is 274 g/mol. The third-order valence-corrected chi connectivity index (χ3v) is 3.44. The molecule has 1 heterocycles. The number of hydrogen-bond acceptors (Lipinski definition) is 4. The maximum absolute atomic E-state index is 9.37. The minimum absolute atomic E-state index is 0.104. The Morgan fingerprint density at radius 2 is 1.47 bits per heavy atom. The number of aliphatic hydroxyl groups excluding tert-OH is 2. The molecule has 0 radical (unpaired) electrons. The second-order valence-corrected chi connectivity index (χ2v) is 5.75. The zero-order valence-corrected chi connectivity index (χ0v) is 13.3. The molecule has 0 spiro atoms. The van der Waals surface area contributed by atoms with E-state index in [0.717, 1.165) is 25.9 Å². The lowest BCUT2D eigenvalue weighted by Gasteiger charge is -2.27. The highest BCUT2D eigenvalue weighted by molar-refractivity contribution is 4.67. The van der Waals surface area contributed by atoms with Gasteiger partial charge >= 0.3 is 0 Å². The molecule has 1 fully saturated rings. The van der Waals surface area contributed by atoms with E-state index in [2.05, 4.69) is 4.90 Å². The van der Waals surface area contributed by atoms with Crippen LogP contribution >= 0.6 is 0 Å². The Morgan fingerprint density at radius 3 is 1.84 bits per heavy atom. The minimum atomic E-state index is -0.148. The number of piperidine rings is 1. The van der Waals surface area contributed by atoms with Gasteiger partial charge in [0.25, 0.3) is 0 Å². The summed E-state index contributed by atoms with van der Waals surface area (Å²) in [6.45, 7) is 8.06. The normalized spacial score (nSPS) is 19.7. The van der Waals surface area contributed by atoms with Crippen LogP contribution < -0.4 is 0 Å². The van der Waals surface area contributed by atoms with Gasteiger partial charge in [0.1, 0.15) is 0 Å². The van der Waals surface area contributed by atoms with Gasteiger partial charge in [-0.25, -0.2) is 0 Å². The van der Waals surface area contributed by atoms with E-state index in [1.54, 1.807) is 0 Å². The molecule has 0 saturated carbocycles. The average Bonchev–Trinajstić information content (AvgIpc) is 2.39. The van der Waals surface area contributed by atoms with E-state index >= 15 is 0 Å². The summed E-state index contributed by atoms with van der Waals surface area (Å²) in [6, 6.07) is 0. The number of β-amino-alcohol motifs (C(OH)–C–C–N with tert-alkyl or cyclic N) is 1. The van der Waals surface area contributed by atoms with Crippen LogP contribution in [0.2, 0.25) is 0 Å². The van der Waals surface area contributed by atoms with Crippen molar-refractivity contribution in [2.24, 2.45) is 0 Å². The standard InChI is InChI=1S/C9H19NO.C6H15NO/c1-2-9(11)8-10-6-4-3-5-7-10;1-4-6(8)5-7(2)3/h9,11H,2-8H2,1H3;6,8H,4-5H2,1-3H3. The Bertz CT molecular complexity index is 195. The molecule has 1 saturated heterocycles. The highest BCUT2D eigenvalue weighted by atomic mass is 16.3. The summed E-state index contributed by atoms with van der Waals surface area (Å²) in [7, 11) is 3.91. The van der Waals surface area contributed by atoms with Gasteiger partial charge in [-0.15, -0.1) is 0 Å². The van der Waals surface area contributed by atoms with Crippen LogP contribution in [0.1, 0.15) is 46.0 Å². The zero-order chi connectivity index (χ0) is 14.7. The maximum Gasteiger partial charge on any atom is 0.0664 e. The molecular formula is C15H34N2O2. The predicted octanol–water partition coefficient (Wildman–Crippen LogP) is 1.56. The summed E-state index contributed by atoms with van der Waals surface area (Å²) in [6.07, 6.45) is 5.48. The molecule has 2 N–H and O–H groups in total. The van der Waals surface area contributed by atoms with E-state index < -0.39 is 0 Å². The smallest absolute Gasteiger partial charge is 0.0664 e. The fourth-order valence-corrected chi connectivity index (χ4v) is 2.12. The largest absolute Gasteiger partial charge is 0.392 e. The fourth-order valence-electron chi connectivity index (χ4n) is 2.12. The molecule has 19 heavy (non-hydrogen) atoms. The number of likely N-dealkylation sites (N-methyl/N-ethyl adjacent to an activating group) is 1. The number of hydrogen-bond donors (Lipinski definition) is 2. The van der Waals surface area contributed by atoms with Crippen molar-refractivity contribution < 1.29 is 10.2 Å². The molecule has 116 valence electrons. The number of aliphatic hydroxyl groups is 2. The van der Waals surface area contributed by atoms with Crippen LogP contribution in [-0.2, 0) is 0 Å². The van der Waals surface area contributed by atoms with Gasteiger partial charge in [0.05, 0.1) is 12.2 Å². The van der Waals surface area contributed by atoms with E-state index in [-0.39, 0.29) is 12.2 Å². The van der Waals surface area contributed by atoms with Crippen LogP contribution in [-0.4, -0.2) is 72.5 Å². The molecule has 0 aliphatic carbocycles. The van der Waals surface area contributed by atoms with Crippen molar-refractivity contribution in [3.8, 4) is 0 Å².